The first kappa shape index (κ1) is 20.9. The molecule has 0 saturated heterocycles. The van der Waals surface area contributed by atoms with Gasteiger partial charge in [0.05, 0.1) is 0 Å². The molecule has 2 unspecified atom stereocenters. The molecule has 0 heterocycles. The Balaban J connectivity index is 1.67. The van der Waals surface area contributed by atoms with Gasteiger partial charge in [-0.3, -0.25) is 0 Å². The molecule has 26 heavy (non-hydrogen) atoms. The van der Waals surface area contributed by atoms with E-state index in [-0.39, 0.29) is 6.04 Å². The Hall–Kier alpha value is -1.42. The zero-order chi connectivity index (χ0) is 18.6. The second-order valence-corrected chi connectivity index (χ2v) is 8.66. The standard InChI is InChI=1S/C23H29NS2/c1-19(13-15-25-22-9-5-3-6-10-22)17-21(24)18-20(2)14-16-26-23-11-7-4-8-12-23/h3-16,19-21H,17-18,24H2,1-2H3/b15-13+,16-14+. The highest BCUT2D eigenvalue weighted by atomic mass is 32.2. The highest BCUT2D eigenvalue weighted by molar-refractivity contribution is 8.02. The quantitative estimate of drug-likeness (QED) is 0.448. The van der Waals surface area contributed by atoms with Crippen LogP contribution in [0.15, 0.2) is 93.4 Å². The van der Waals surface area contributed by atoms with Crippen LogP contribution in [0.1, 0.15) is 26.7 Å². The normalized spacial score (nSPS) is 15.3. The average molecular weight is 384 g/mol. The van der Waals surface area contributed by atoms with Crippen molar-refractivity contribution in [2.75, 3.05) is 0 Å². The lowest BCUT2D eigenvalue weighted by Crippen LogP contribution is -2.24. The van der Waals surface area contributed by atoms with Gasteiger partial charge in [-0.1, -0.05) is 85.9 Å². The van der Waals surface area contributed by atoms with Crippen LogP contribution in [0.3, 0.4) is 0 Å². The van der Waals surface area contributed by atoms with E-state index in [1.54, 1.807) is 23.5 Å². The number of rotatable bonds is 10. The molecule has 2 aromatic rings. The summed E-state index contributed by atoms with van der Waals surface area (Å²) in [5, 5.41) is 4.37. The van der Waals surface area contributed by atoms with Crippen molar-refractivity contribution in [1.82, 2.24) is 0 Å². The predicted molar refractivity (Wildman–Crippen MR) is 118 cm³/mol. The molecule has 138 valence electrons. The largest absolute Gasteiger partial charge is 0.328 e. The van der Waals surface area contributed by atoms with E-state index in [0.29, 0.717) is 11.8 Å². The lowest BCUT2D eigenvalue weighted by atomic mass is 9.95. The Labute approximate surface area is 167 Å². The van der Waals surface area contributed by atoms with E-state index in [1.807, 2.05) is 12.1 Å². The summed E-state index contributed by atoms with van der Waals surface area (Å²) in [5.41, 5.74) is 6.36. The van der Waals surface area contributed by atoms with Crippen LogP contribution in [-0.4, -0.2) is 6.04 Å². The van der Waals surface area contributed by atoms with Gasteiger partial charge in [-0.25, -0.2) is 0 Å². The molecule has 0 saturated carbocycles. The molecule has 3 heteroatoms. The molecule has 1 nitrogen and oxygen atoms in total. The summed E-state index contributed by atoms with van der Waals surface area (Å²) < 4.78 is 0. The molecule has 0 spiro atoms. The highest BCUT2D eigenvalue weighted by Crippen LogP contribution is 2.22. The fraction of sp³-hybridized carbons (Fsp3) is 0.304. The molecule has 2 aromatic carbocycles. The zero-order valence-electron chi connectivity index (χ0n) is 15.6. The first-order chi connectivity index (χ1) is 12.6. The van der Waals surface area contributed by atoms with Crippen molar-refractivity contribution in [3.8, 4) is 0 Å². The smallest absolute Gasteiger partial charge is 0.0116 e. The molecular weight excluding hydrogens is 354 g/mol. The first-order valence-corrected chi connectivity index (χ1v) is 10.9. The van der Waals surface area contributed by atoms with Crippen molar-refractivity contribution in [2.24, 2.45) is 17.6 Å². The van der Waals surface area contributed by atoms with E-state index in [4.69, 9.17) is 5.73 Å². The molecule has 0 aromatic heterocycles. The summed E-state index contributed by atoms with van der Waals surface area (Å²) in [6.45, 7) is 4.49. The van der Waals surface area contributed by atoms with Crippen LogP contribution in [0.4, 0.5) is 0 Å². The Morgan fingerprint density at radius 1 is 0.731 bits per heavy atom. The van der Waals surface area contributed by atoms with E-state index in [2.05, 4.69) is 85.3 Å². The second-order valence-electron chi connectivity index (χ2n) is 6.70. The third-order valence-electron chi connectivity index (χ3n) is 4.06. The minimum atomic E-state index is 0.234. The molecule has 2 N–H and O–H groups in total. The summed E-state index contributed by atoms with van der Waals surface area (Å²) >= 11 is 3.53. The molecule has 0 aliphatic rings. The summed E-state index contributed by atoms with van der Waals surface area (Å²) in [5.74, 6) is 0.993. The Bertz CT molecular complexity index is 608. The van der Waals surface area contributed by atoms with Crippen molar-refractivity contribution in [3.05, 3.63) is 83.6 Å². The number of nitrogens with two attached hydrogens (primary N) is 1. The van der Waals surface area contributed by atoms with Gasteiger partial charge in [0.15, 0.2) is 0 Å². The maximum atomic E-state index is 6.36. The summed E-state index contributed by atoms with van der Waals surface area (Å²) in [4.78, 5) is 2.55. The molecule has 0 fully saturated rings. The molecule has 0 amide bonds. The van der Waals surface area contributed by atoms with E-state index in [0.717, 1.165) is 12.8 Å². The van der Waals surface area contributed by atoms with Gasteiger partial charge in [-0.05, 0) is 59.8 Å². The van der Waals surface area contributed by atoms with Gasteiger partial charge in [-0.2, -0.15) is 0 Å². The fourth-order valence-electron chi connectivity index (χ4n) is 2.71. The van der Waals surface area contributed by atoms with Gasteiger partial charge >= 0.3 is 0 Å². The number of hydrogen-bond donors (Lipinski definition) is 1. The van der Waals surface area contributed by atoms with Crippen LogP contribution in [0.25, 0.3) is 0 Å². The Morgan fingerprint density at radius 3 is 1.50 bits per heavy atom. The van der Waals surface area contributed by atoms with Crippen LogP contribution in [0.2, 0.25) is 0 Å². The average Bonchev–Trinajstić information content (AvgIpc) is 2.63. The predicted octanol–water partition coefficient (Wildman–Crippen LogP) is 6.98. The van der Waals surface area contributed by atoms with Crippen molar-refractivity contribution in [3.63, 3.8) is 0 Å². The van der Waals surface area contributed by atoms with E-state index < -0.39 is 0 Å². The van der Waals surface area contributed by atoms with Crippen molar-refractivity contribution < 1.29 is 0 Å². The van der Waals surface area contributed by atoms with Crippen LogP contribution in [0, 0.1) is 11.8 Å². The minimum absolute atomic E-state index is 0.234. The molecule has 0 aliphatic carbocycles. The van der Waals surface area contributed by atoms with Gasteiger partial charge in [0.1, 0.15) is 0 Å². The Morgan fingerprint density at radius 2 is 1.12 bits per heavy atom. The molecular formula is C23H29NS2. The number of hydrogen-bond acceptors (Lipinski definition) is 3. The second kappa shape index (κ2) is 12.1. The molecule has 2 atom stereocenters. The van der Waals surface area contributed by atoms with Gasteiger partial charge < -0.3 is 5.73 Å². The lowest BCUT2D eigenvalue weighted by Gasteiger charge is -2.17. The molecule has 2 rings (SSSR count). The monoisotopic (exact) mass is 383 g/mol. The molecule has 0 radical (unpaired) electrons. The van der Waals surface area contributed by atoms with Crippen LogP contribution < -0.4 is 5.73 Å². The van der Waals surface area contributed by atoms with E-state index in [9.17, 15) is 0 Å². The van der Waals surface area contributed by atoms with Crippen LogP contribution in [-0.2, 0) is 0 Å². The zero-order valence-corrected chi connectivity index (χ0v) is 17.3. The summed E-state index contributed by atoms with van der Waals surface area (Å²) in [7, 11) is 0. The Kier molecular flexibility index (Phi) is 9.68. The maximum absolute atomic E-state index is 6.36. The van der Waals surface area contributed by atoms with E-state index >= 15 is 0 Å². The third-order valence-corrected chi connectivity index (χ3v) is 5.73. The topological polar surface area (TPSA) is 26.0 Å². The van der Waals surface area contributed by atoms with Crippen LogP contribution >= 0.6 is 23.5 Å². The SMILES string of the molecule is CC(/C=C/Sc1ccccc1)CC(N)CC(C)/C=C/Sc1ccccc1. The van der Waals surface area contributed by atoms with Gasteiger partial charge in [0.25, 0.3) is 0 Å². The third kappa shape index (κ3) is 8.79. The van der Waals surface area contributed by atoms with Crippen LogP contribution in [0.5, 0.6) is 0 Å². The maximum Gasteiger partial charge on any atom is 0.0116 e. The van der Waals surface area contributed by atoms with Crippen molar-refractivity contribution >= 4 is 23.5 Å². The van der Waals surface area contributed by atoms with Crippen molar-refractivity contribution in [1.29, 1.82) is 0 Å². The minimum Gasteiger partial charge on any atom is -0.328 e. The number of benzene rings is 2. The number of allylic oxidation sites excluding steroid dienone is 2. The van der Waals surface area contributed by atoms with Gasteiger partial charge in [0.2, 0.25) is 0 Å². The first-order valence-electron chi connectivity index (χ1n) is 9.16. The highest BCUT2D eigenvalue weighted by Gasteiger charge is 2.10. The lowest BCUT2D eigenvalue weighted by molar-refractivity contribution is 0.460. The van der Waals surface area contributed by atoms with Crippen molar-refractivity contribution in [2.45, 2.75) is 42.5 Å². The summed E-state index contributed by atoms with van der Waals surface area (Å²) in [6.07, 6.45) is 6.58. The summed E-state index contributed by atoms with van der Waals surface area (Å²) in [6, 6.07) is 21.1. The fourth-order valence-corrected chi connectivity index (χ4v) is 4.35. The van der Waals surface area contributed by atoms with E-state index in [1.165, 1.54) is 9.79 Å². The van der Waals surface area contributed by atoms with Gasteiger partial charge in [0, 0.05) is 15.8 Å². The molecule has 0 aliphatic heterocycles. The molecule has 0 bridgehead atoms. The van der Waals surface area contributed by atoms with Gasteiger partial charge in [-0.15, -0.1) is 0 Å². The number of thioether (sulfide) groups is 2.